The highest BCUT2D eigenvalue weighted by atomic mass is 16.6. The second-order valence-electron chi connectivity index (χ2n) is 4.66. The largest absolute Gasteiger partial charge is 0.461 e. The van der Waals surface area contributed by atoms with Crippen LogP contribution in [0.1, 0.15) is 10.6 Å². The Balaban J connectivity index is 1.74. The summed E-state index contributed by atoms with van der Waals surface area (Å²) < 4.78 is 5.10. The van der Waals surface area contributed by atoms with Crippen molar-refractivity contribution in [1.29, 1.82) is 0 Å². The molecule has 0 aliphatic heterocycles. The van der Waals surface area contributed by atoms with E-state index in [-0.39, 0.29) is 17.2 Å². The van der Waals surface area contributed by atoms with E-state index in [4.69, 9.17) is 4.42 Å². The van der Waals surface area contributed by atoms with Crippen molar-refractivity contribution < 1.29 is 14.1 Å². The van der Waals surface area contributed by atoms with E-state index in [1.54, 1.807) is 42.5 Å². The van der Waals surface area contributed by atoms with Crippen LogP contribution >= 0.6 is 0 Å². The third-order valence-electron chi connectivity index (χ3n) is 3.17. The molecule has 0 atom stereocenters. The minimum absolute atomic E-state index is 0.00227. The SMILES string of the molecule is O=C(C1=CC=C/C1=N/Nc1ccc([N+](=O)[O-])cc1)c1ccco1. The zero-order valence-corrected chi connectivity index (χ0v) is 11.8. The highest BCUT2D eigenvalue weighted by molar-refractivity contribution is 6.32. The predicted octanol–water partition coefficient (Wildman–Crippen LogP) is 3.33. The van der Waals surface area contributed by atoms with Crippen LogP contribution in [0.2, 0.25) is 0 Å². The summed E-state index contributed by atoms with van der Waals surface area (Å²) in [5.74, 6) is -0.0211. The molecular formula is C16H11N3O4. The van der Waals surface area contributed by atoms with Crippen LogP contribution in [-0.4, -0.2) is 16.4 Å². The number of rotatable bonds is 5. The summed E-state index contributed by atoms with van der Waals surface area (Å²) in [6, 6.07) is 9.05. The fourth-order valence-corrected chi connectivity index (χ4v) is 2.02. The number of allylic oxidation sites excluding steroid dienone is 4. The van der Waals surface area contributed by atoms with Gasteiger partial charge in [-0.05, 0) is 36.4 Å². The molecule has 0 saturated heterocycles. The molecule has 0 unspecified atom stereocenters. The monoisotopic (exact) mass is 309 g/mol. The van der Waals surface area contributed by atoms with Crippen molar-refractivity contribution in [3.05, 3.63) is 82.3 Å². The molecule has 1 N–H and O–H groups in total. The van der Waals surface area contributed by atoms with E-state index in [0.717, 1.165) is 0 Å². The molecular weight excluding hydrogens is 298 g/mol. The zero-order chi connectivity index (χ0) is 16.2. The molecule has 1 aliphatic rings. The molecule has 0 saturated carbocycles. The third kappa shape index (κ3) is 3.08. The predicted molar refractivity (Wildman–Crippen MR) is 84.4 cm³/mol. The van der Waals surface area contributed by atoms with Gasteiger partial charge in [0.1, 0.15) is 0 Å². The van der Waals surface area contributed by atoms with Gasteiger partial charge >= 0.3 is 0 Å². The number of hydrazone groups is 1. The highest BCUT2D eigenvalue weighted by Crippen LogP contribution is 2.18. The number of Topliss-reactive ketones (excluding diaryl/α,β-unsaturated/α-hetero) is 1. The molecule has 0 spiro atoms. The minimum atomic E-state index is -0.474. The van der Waals surface area contributed by atoms with Crippen molar-refractivity contribution in [1.82, 2.24) is 0 Å². The van der Waals surface area contributed by atoms with Crippen molar-refractivity contribution in [2.75, 3.05) is 5.43 Å². The number of nitrogens with one attached hydrogen (secondary N) is 1. The first-order valence-corrected chi connectivity index (χ1v) is 6.70. The third-order valence-corrected chi connectivity index (χ3v) is 3.17. The maximum absolute atomic E-state index is 12.3. The van der Waals surface area contributed by atoms with Gasteiger partial charge in [-0.2, -0.15) is 5.10 Å². The molecule has 7 heteroatoms. The number of benzene rings is 1. The molecule has 1 heterocycles. The summed E-state index contributed by atoms with van der Waals surface area (Å²) in [4.78, 5) is 22.4. The van der Waals surface area contributed by atoms with Gasteiger partial charge in [0, 0.05) is 12.1 Å². The maximum atomic E-state index is 12.3. The molecule has 2 aromatic rings. The van der Waals surface area contributed by atoms with E-state index in [1.165, 1.54) is 18.4 Å². The summed E-state index contributed by atoms with van der Waals surface area (Å²) in [5.41, 5.74) is 4.22. The van der Waals surface area contributed by atoms with Gasteiger partial charge in [-0.1, -0.05) is 6.08 Å². The van der Waals surface area contributed by atoms with Crippen LogP contribution in [-0.2, 0) is 0 Å². The molecule has 23 heavy (non-hydrogen) atoms. The van der Waals surface area contributed by atoms with E-state index in [1.807, 2.05) is 0 Å². The number of ketones is 1. The van der Waals surface area contributed by atoms with Crippen LogP contribution in [0, 0.1) is 10.1 Å². The standard InChI is InChI=1S/C16H11N3O4/c20-16(15-5-2-10-23-15)13-3-1-4-14(13)18-17-11-6-8-12(9-7-11)19(21)22/h1-10,17H/b18-14-. The molecule has 7 nitrogen and oxygen atoms in total. The van der Waals surface area contributed by atoms with Crippen LogP contribution in [0.4, 0.5) is 11.4 Å². The number of nitro benzene ring substituents is 1. The average Bonchev–Trinajstić information content (AvgIpc) is 3.24. The van der Waals surface area contributed by atoms with Crippen LogP contribution in [0.3, 0.4) is 0 Å². The van der Waals surface area contributed by atoms with Gasteiger partial charge in [0.25, 0.3) is 5.69 Å². The van der Waals surface area contributed by atoms with Gasteiger partial charge in [-0.25, -0.2) is 0 Å². The molecule has 0 amide bonds. The van der Waals surface area contributed by atoms with E-state index < -0.39 is 4.92 Å². The normalized spacial score (nSPS) is 14.8. The number of nitrogens with zero attached hydrogens (tertiary/aromatic N) is 2. The first kappa shape index (κ1) is 14.5. The number of anilines is 1. The van der Waals surface area contributed by atoms with Crippen molar-refractivity contribution in [3.63, 3.8) is 0 Å². The number of hydrogen-bond acceptors (Lipinski definition) is 6. The summed E-state index contributed by atoms with van der Waals surface area (Å²) >= 11 is 0. The second-order valence-corrected chi connectivity index (χ2v) is 4.66. The Morgan fingerprint density at radius 2 is 2.00 bits per heavy atom. The number of non-ortho nitro benzene ring substituents is 1. The molecule has 0 bridgehead atoms. The number of carbonyl (C=O) groups is 1. The molecule has 114 valence electrons. The Labute approximate surface area is 130 Å². The van der Waals surface area contributed by atoms with Gasteiger partial charge in [0.15, 0.2) is 5.76 Å². The highest BCUT2D eigenvalue weighted by Gasteiger charge is 2.20. The summed E-state index contributed by atoms with van der Waals surface area (Å²) in [5, 5.41) is 14.8. The van der Waals surface area contributed by atoms with Gasteiger partial charge in [0.2, 0.25) is 5.78 Å². The Hall–Kier alpha value is -3.48. The van der Waals surface area contributed by atoms with Crippen molar-refractivity contribution in [3.8, 4) is 0 Å². The fourth-order valence-electron chi connectivity index (χ4n) is 2.02. The number of nitro groups is 1. The molecule has 1 aromatic heterocycles. The maximum Gasteiger partial charge on any atom is 0.269 e. The average molecular weight is 309 g/mol. The van der Waals surface area contributed by atoms with Gasteiger partial charge < -0.3 is 4.42 Å². The first-order valence-electron chi connectivity index (χ1n) is 6.70. The van der Waals surface area contributed by atoms with E-state index in [2.05, 4.69) is 10.5 Å². The van der Waals surface area contributed by atoms with E-state index >= 15 is 0 Å². The second kappa shape index (κ2) is 6.10. The quantitative estimate of drug-likeness (QED) is 0.519. The van der Waals surface area contributed by atoms with Crippen LogP contribution in [0.15, 0.2) is 76.0 Å². The van der Waals surface area contributed by atoms with E-state index in [0.29, 0.717) is 17.0 Å². The lowest BCUT2D eigenvalue weighted by molar-refractivity contribution is -0.384. The lowest BCUT2D eigenvalue weighted by Gasteiger charge is -2.04. The molecule has 0 radical (unpaired) electrons. The minimum Gasteiger partial charge on any atom is -0.461 e. The lowest BCUT2D eigenvalue weighted by atomic mass is 10.1. The zero-order valence-electron chi connectivity index (χ0n) is 11.8. The van der Waals surface area contributed by atoms with Crippen LogP contribution in [0.25, 0.3) is 0 Å². The van der Waals surface area contributed by atoms with Gasteiger partial charge in [0.05, 0.1) is 28.2 Å². The topological polar surface area (TPSA) is 97.7 Å². The Bertz CT molecular complexity index is 831. The molecule has 3 rings (SSSR count). The Morgan fingerprint density at radius 1 is 1.22 bits per heavy atom. The van der Waals surface area contributed by atoms with Crippen molar-refractivity contribution in [2.45, 2.75) is 0 Å². The summed E-state index contributed by atoms with van der Waals surface area (Å²) in [7, 11) is 0. The molecule has 1 aliphatic carbocycles. The Kier molecular flexibility index (Phi) is 3.84. The Morgan fingerprint density at radius 3 is 2.65 bits per heavy atom. The van der Waals surface area contributed by atoms with Crippen molar-refractivity contribution in [2.24, 2.45) is 5.10 Å². The number of carbonyl (C=O) groups excluding carboxylic acids is 1. The molecule has 1 aromatic carbocycles. The fraction of sp³-hybridized carbons (Fsp3) is 0. The molecule has 0 fully saturated rings. The first-order chi connectivity index (χ1) is 11.1. The van der Waals surface area contributed by atoms with Crippen molar-refractivity contribution >= 4 is 22.9 Å². The van der Waals surface area contributed by atoms with Gasteiger partial charge in [-0.15, -0.1) is 0 Å². The van der Waals surface area contributed by atoms with Gasteiger partial charge in [-0.3, -0.25) is 20.3 Å². The number of furan rings is 1. The lowest BCUT2D eigenvalue weighted by Crippen LogP contribution is -2.10. The van der Waals surface area contributed by atoms with Crippen LogP contribution < -0.4 is 5.43 Å². The smallest absolute Gasteiger partial charge is 0.269 e. The summed E-state index contributed by atoms with van der Waals surface area (Å²) in [6.07, 6.45) is 6.49. The summed E-state index contributed by atoms with van der Waals surface area (Å²) in [6.45, 7) is 0. The van der Waals surface area contributed by atoms with E-state index in [9.17, 15) is 14.9 Å². The van der Waals surface area contributed by atoms with Crippen LogP contribution in [0.5, 0.6) is 0 Å². The number of hydrogen-bond donors (Lipinski definition) is 1.